The van der Waals surface area contributed by atoms with Gasteiger partial charge in [0.25, 0.3) is 0 Å². The van der Waals surface area contributed by atoms with Crippen LogP contribution in [0.1, 0.15) is 52.3 Å². The summed E-state index contributed by atoms with van der Waals surface area (Å²) in [6, 6.07) is 0.164. The van der Waals surface area contributed by atoms with E-state index in [1.165, 1.54) is 0 Å². The molecule has 0 saturated heterocycles. The van der Waals surface area contributed by atoms with E-state index in [0.717, 1.165) is 19.3 Å². The molecule has 6 heteroatoms. The number of aromatic nitrogens is 2. The summed E-state index contributed by atoms with van der Waals surface area (Å²) < 4.78 is 5.21. The van der Waals surface area contributed by atoms with Crippen molar-refractivity contribution in [2.24, 2.45) is 5.92 Å². The average Bonchev–Trinajstić information content (AvgIpc) is 2.81. The van der Waals surface area contributed by atoms with Gasteiger partial charge in [0.15, 0.2) is 5.82 Å². The minimum absolute atomic E-state index is 0.0152. The molecular formula is C14H25N3O3. The molecule has 1 N–H and O–H groups in total. The van der Waals surface area contributed by atoms with Crippen molar-refractivity contribution >= 4 is 5.97 Å². The van der Waals surface area contributed by atoms with Crippen molar-refractivity contribution in [3.63, 3.8) is 0 Å². The lowest BCUT2D eigenvalue weighted by atomic mass is 10.1. The minimum Gasteiger partial charge on any atom is -0.480 e. The maximum atomic E-state index is 10.9. The standard InChI is InChI=1S/C14H25N3O3/c1-5-11(4)17(9-14(18)19)8-13-15-12(16-20-13)7-6-10(2)3/h10-11H,5-9H2,1-4H3,(H,18,19)/t11-/m0/s1. The molecule has 0 bridgehead atoms. The highest BCUT2D eigenvalue weighted by Crippen LogP contribution is 2.11. The van der Waals surface area contributed by atoms with Gasteiger partial charge in [-0.3, -0.25) is 9.69 Å². The van der Waals surface area contributed by atoms with Crippen LogP contribution < -0.4 is 0 Å². The zero-order valence-electron chi connectivity index (χ0n) is 12.8. The Labute approximate surface area is 120 Å². The fourth-order valence-corrected chi connectivity index (χ4v) is 1.85. The van der Waals surface area contributed by atoms with Crippen molar-refractivity contribution in [3.8, 4) is 0 Å². The number of aryl methyl sites for hydroxylation is 1. The van der Waals surface area contributed by atoms with Crippen molar-refractivity contribution in [2.75, 3.05) is 6.54 Å². The van der Waals surface area contributed by atoms with Crippen LogP contribution in [0.15, 0.2) is 4.52 Å². The third kappa shape index (κ3) is 5.69. The topological polar surface area (TPSA) is 79.5 Å². The zero-order chi connectivity index (χ0) is 15.1. The van der Waals surface area contributed by atoms with E-state index in [0.29, 0.717) is 24.2 Å². The second-order valence-electron chi connectivity index (χ2n) is 5.59. The van der Waals surface area contributed by atoms with Crippen LogP contribution in [0.3, 0.4) is 0 Å². The lowest BCUT2D eigenvalue weighted by Crippen LogP contribution is -2.36. The van der Waals surface area contributed by atoms with Crippen molar-refractivity contribution in [1.82, 2.24) is 15.0 Å². The second-order valence-corrected chi connectivity index (χ2v) is 5.59. The maximum Gasteiger partial charge on any atom is 0.317 e. The van der Waals surface area contributed by atoms with Crippen LogP contribution >= 0.6 is 0 Å². The molecule has 0 fully saturated rings. The molecule has 20 heavy (non-hydrogen) atoms. The van der Waals surface area contributed by atoms with Crippen LogP contribution in [0.5, 0.6) is 0 Å². The Kier molecular flexibility index (Phi) is 6.64. The van der Waals surface area contributed by atoms with Crippen LogP contribution in [0.25, 0.3) is 0 Å². The van der Waals surface area contributed by atoms with Crippen LogP contribution in [-0.4, -0.2) is 38.7 Å². The van der Waals surface area contributed by atoms with Gasteiger partial charge in [-0.05, 0) is 25.7 Å². The highest BCUT2D eigenvalue weighted by Gasteiger charge is 2.19. The smallest absolute Gasteiger partial charge is 0.317 e. The third-order valence-electron chi connectivity index (χ3n) is 3.35. The molecule has 1 atom stereocenters. The SMILES string of the molecule is CC[C@H](C)N(CC(=O)O)Cc1nc(CCC(C)C)no1. The molecule has 0 aliphatic heterocycles. The number of carboxylic acids is 1. The van der Waals surface area contributed by atoms with Crippen LogP contribution in [0, 0.1) is 5.92 Å². The Morgan fingerprint density at radius 3 is 2.65 bits per heavy atom. The van der Waals surface area contributed by atoms with Gasteiger partial charge in [-0.1, -0.05) is 25.9 Å². The van der Waals surface area contributed by atoms with E-state index in [1.807, 2.05) is 18.7 Å². The number of carbonyl (C=O) groups is 1. The largest absolute Gasteiger partial charge is 0.480 e. The Balaban J connectivity index is 2.61. The van der Waals surface area contributed by atoms with Crippen molar-refractivity contribution < 1.29 is 14.4 Å². The van der Waals surface area contributed by atoms with Gasteiger partial charge in [0, 0.05) is 12.5 Å². The minimum atomic E-state index is -0.843. The third-order valence-corrected chi connectivity index (χ3v) is 3.35. The Hall–Kier alpha value is -1.43. The van der Waals surface area contributed by atoms with E-state index in [-0.39, 0.29) is 12.6 Å². The molecule has 0 unspecified atom stereocenters. The first kappa shape index (κ1) is 16.6. The molecule has 1 rings (SSSR count). The first-order chi connectivity index (χ1) is 9.42. The van der Waals surface area contributed by atoms with E-state index < -0.39 is 5.97 Å². The zero-order valence-corrected chi connectivity index (χ0v) is 12.8. The number of nitrogens with zero attached hydrogens (tertiary/aromatic N) is 3. The summed E-state index contributed by atoms with van der Waals surface area (Å²) in [7, 11) is 0. The molecule has 0 radical (unpaired) electrons. The van der Waals surface area contributed by atoms with Gasteiger partial charge in [-0.2, -0.15) is 4.98 Å². The Morgan fingerprint density at radius 2 is 2.10 bits per heavy atom. The summed E-state index contributed by atoms with van der Waals surface area (Å²) in [5, 5.41) is 12.9. The molecule has 0 amide bonds. The molecule has 0 aliphatic rings. The van der Waals surface area contributed by atoms with Gasteiger partial charge in [-0.15, -0.1) is 0 Å². The first-order valence-electron chi connectivity index (χ1n) is 7.19. The van der Waals surface area contributed by atoms with Crippen molar-refractivity contribution in [1.29, 1.82) is 0 Å². The highest BCUT2D eigenvalue weighted by molar-refractivity contribution is 5.69. The molecular weight excluding hydrogens is 258 g/mol. The lowest BCUT2D eigenvalue weighted by Gasteiger charge is -2.24. The quantitative estimate of drug-likeness (QED) is 0.749. The molecule has 114 valence electrons. The number of carboxylic acid groups (broad SMARTS) is 1. The second kappa shape index (κ2) is 7.99. The predicted octanol–water partition coefficient (Wildman–Crippen LogP) is 2.34. The summed E-state index contributed by atoms with van der Waals surface area (Å²) in [4.78, 5) is 17.1. The van der Waals surface area contributed by atoms with Gasteiger partial charge >= 0.3 is 5.97 Å². The summed E-state index contributed by atoms with van der Waals surface area (Å²) in [5.74, 6) is 0.948. The van der Waals surface area contributed by atoms with Gasteiger partial charge in [0.05, 0.1) is 13.1 Å². The van der Waals surface area contributed by atoms with Crippen molar-refractivity contribution in [3.05, 3.63) is 11.7 Å². The van der Waals surface area contributed by atoms with E-state index in [2.05, 4.69) is 24.0 Å². The van der Waals surface area contributed by atoms with Gasteiger partial charge in [0.2, 0.25) is 5.89 Å². The number of hydrogen-bond donors (Lipinski definition) is 1. The van der Waals surface area contributed by atoms with Gasteiger partial charge < -0.3 is 9.63 Å². The lowest BCUT2D eigenvalue weighted by molar-refractivity contribution is -0.139. The van der Waals surface area contributed by atoms with E-state index >= 15 is 0 Å². The molecule has 0 aliphatic carbocycles. The molecule has 0 saturated carbocycles. The Morgan fingerprint density at radius 1 is 1.40 bits per heavy atom. The monoisotopic (exact) mass is 283 g/mol. The summed E-state index contributed by atoms with van der Waals surface area (Å²) in [6.45, 7) is 8.70. The van der Waals surface area contributed by atoms with E-state index in [4.69, 9.17) is 9.63 Å². The molecule has 6 nitrogen and oxygen atoms in total. The fourth-order valence-electron chi connectivity index (χ4n) is 1.85. The van der Waals surface area contributed by atoms with E-state index in [1.54, 1.807) is 0 Å². The molecule has 1 aromatic rings. The summed E-state index contributed by atoms with van der Waals surface area (Å²) in [5.41, 5.74) is 0. The summed E-state index contributed by atoms with van der Waals surface area (Å²) >= 11 is 0. The molecule has 1 aromatic heterocycles. The van der Waals surface area contributed by atoms with Crippen LogP contribution in [0.2, 0.25) is 0 Å². The number of rotatable bonds is 9. The van der Waals surface area contributed by atoms with Gasteiger partial charge in [0.1, 0.15) is 0 Å². The normalized spacial score (nSPS) is 13.1. The molecule has 0 spiro atoms. The highest BCUT2D eigenvalue weighted by atomic mass is 16.5. The summed E-state index contributed by atoms with van der Waals surface area (Å²) in [6.07, 6.45) is 2.69. The van der Waals surface area contributed by atoms with Crippen LogP contribution in [0.4, 0.5) is 0 Å². The number of hydrogen-bond acceptors (Lipinski definition) is 5. The molecule has 1 heterocycles. The van der Waals surface area contributed by atoms with Crippen LogP contribution in [-0.2, 0) is 17.8 Å². The number of aliphatic carboxylic acids is 1. The van der Waals surface area contributed by atoms with Gasteiger partial charge in [-0.25, -0.2) is 0 Å². The average molecular weight is 283 g/mol. The molecule has 0 aromatic carbocycles. The Bertz CT molecular complexity index is 418. The predicted molar refractivity (Wildman–Crippen MR) is 75.3 cm³/mol. The maximum absolute atomic E-state index is 10.9. The van der Waals surface area contributed by atoms with Crippen molar-refractivity contribution in [2.45, 2.75) is 59.5 Å². The fraction of sp³-hybridized carbons (Fsp3) is 0.786. The first-order valence-corrected chi connectivity index (χ1v) is 7.19. The van der Waals surface area contributed by atoms with E-state index in [9.17, 15) is 4.79 Å².